The molecule has 0 saturated heterocycles. The fourth-order valence-corrected chi connectivity index (χ4v) is 2.93. The van der Waals surface area contributed by atoms with Gasteiger partial charge in [0.15, 0.2) is 0 Å². The molecule has 2 rings (SSSR count). The van der Waals surface area contributed by atoms with Gasteiger partial charge in [-0.1, -0.05) is 6.92 Å². The topological polar surface area (TPSA) is 55.1 Å². The number of rotatable bonds is 4. The average molecular weight is 298 g/mol. The summed E-state index contributed by atoms with van der Waals surface area (Å²) in [5, 5.41) is 3.79. The molecule has 0 saturated carbocycles. The summed E-state index contributed by atoms with van der Waals surface area (Å²) < 4.78 is 14.0. The van der Waals surface area contributed by atoms with Crippen LogP contribution in [-0.4, -0.2) is 24.0 Å². The van der Waals surface area contributed by atoms with Gasteiger partial charge < -0.3 is 11.1 Å². The number of thioether (sulfide) groups is 1. The van der Waals surface area contributed by atoms with Crippen LogP contribution in [0.1, 0.15) is 16.6 Å². The van der Waals surface area contributed by atoms with Crippen LogP contribution in [0.3, 0.4) is 0 Å². The second kappa shape index (κ2) is 5.79. The Labute approximate surface area is 119 Å². The normalized spacial score (nSPS) is 12.6. The highest BCUT2D eigenvalue weighted by molar-refractivity contribution is 7.99. The lowest BCUT2D eigenvalue weighted by Crippen LogP contribution is -2.29. The van der Waals surface area contributed by atoms with Gasteiger partial charge in [-0.25, -0.2) is 4.39 Å². The summed E-state index contributed by atoms with van der Waals surface area (Å²) in [6.07, 6.45) is 1.99. The van der Waals surface area contributed by atoms with Gasteiger partial charge in [-0.05, 0) is 24.5 Å². The van der Waals surface area contributed by atoms with Crippen LogP contribution < -0.4 is 11.1 Å². The number of benzene rings is 1. The molecule has 0 bridgehead atoms. The van der Waals surface area contributed by atoms with E-state index in [4.69, 9.17) is 5.73 Å². The SMILES string of the molecule is CSC(C)CNC(=O)c1sc2ccc(F)cc2c1N. The highest BCUT2D eigenvalue weighted by atomic mass is 32.2. The Morgan fingerprint density at radius 3 is 3.00 bits per heavy atom. The molecule has 1 unspecified atom stereocenters. The fraction of sp³-hybridized carbons (Fsp3) is 0.308. The Bertz CT molecular complexity index is 612. The summed E-state index contributed by atoms with van der Waals surface area (Å²) in [6.45, 7) is 2.62. The van der Waals surface area contributed by atoms with Crippen LogP contribution in [0.25, 0.3) is 10.1 Å². The standard InChI is InChI=1S/C13H15FN2OS2/c1-7(18-2)6-16-13(17)12-11(15)9-5-8(14)3-4-10(9)19-12/h3-5,7H,6,15H2,1-2H3,(H,16,17). The lowest BCUT2D eigenvalue weighted by atomic mass is 10.2. The number of nitrogens with one attached hydrogen (secondary N) is 1. The van der Waals surface area contributed by atoms with Crippen molar-refractivity contribution in [2.75, 3.05) is 18.5 Å². The number of carbonyl (C=O) groups is 1. The maximum atomic E-state index is 13.2. The van der Waals surface area contributed by atoms with Gasteiger partial charge in [-0.2, -0.15) is 11.8 Å². The third-order valence-corrected chi connectivity index (χ3v) is 5.00. The van der Waals surface area contributed by atoms with Gasteiger partial charge in [0.1, 0.15) is 10.7 Å². The molecule has 1 heterocycles. The first-order valence-corrected chi connectivity index (χ1v) is 7.92. The van der Waals surface area contributed by atoms with Gasteiger partial charge in [0.25, 0.3) is 5.91 Å². The van der Waals surface area contributed by atoms with E-state index < -0.39 is 0 Å². The molecule has 0 aliphatic heterocycles. The van der Waals surface area contributed by atoms with E-state index in [2.05, 4.69) is 5.32 Å². The van der Waals surface area contributed by atoms with Crippen LogP contribution >= 0.6 is 23.1 Å². The minimum atomic E-state index is -0.347. The fourth-order valence-electron chi connectivity index (χ4n) is 1.66. The van der Waals surface area contributed by atoms with E-state index in [0.717, 1.165) is 4.70 Å². The highest BCUT2D eigenvalue weighted by Crippen LogP contribution is 2.33. The zero-order valence-electron chi connectivity index (χ0n) is 10.7. The number of nitrogen functional groups attached to an aromatic ring is 1. The summed E-state index contributed by atoms with van der Waals surface area (Å²) in [6, 6.07) is 4.38. The number of fused-ring (bicyclic) bond motifs is 1. The average Bonchev–Trinajstić information content (AvgIpc) is 2.73. The Morgan fingerprint density at radius 2 is 2.32 bits per heavy atom. The lowest BCUT2D eigenvalue weighted by molar-refractivity contribution is 0.0959. The quantitative estimate of drug-likeness (QED) is 0.912. The van der Waals surface area contributed by atoms with E-state index in [1.165, 1.54) is 23.5 Å². The molecule has 0 spiro atoms. The molecular weight excluding hydrogens is 283 g/mol. The van der Waals surface area contributed by atoms with Crippen molar-refractivity contribution >= 4 is 44.8 Å². The molecule has 1 amide bonds. The Kier molecular flexibility index (Phi) is 4.31. The maximum Gasteiger partial charge on any atom is 0.263 e. The summed E-state index contributed by atoms with van der Waals surface area (Å²) in [5.41, 5.74) is 6.28. The van der Waals surface area contributed by atoms with Crippen molar-refractivity contribution in [2.45, 2.75) is 12.2 Å². The van der Waals surface area contributed by atoms with E-state index in [1.807, 2.05) is 13.2 Å². The van der Waals surface area contributed by atoms with Crippen LogP contribution in [0.4, 0.5) is 10.1 Å². The number of anilines is 1. The zero-order chi connectivity index (χ0) is 14.0. The molecule has 3 nitrogen and oxygen atoms in total. The molecule has 6 heteroatoms. The molecule has 1 aromatic heterocycles. The van der Waals surface area contributed by atoms with E-state index in [1.54, 1.807) is 17.8 Å². The molecule has 2 aromatic rings. The van der Waals surface area contributed by atoms with Crippen LogP contribution in [0.15, 0.2) is 18.2 Å². The molecule has 0 aliphatic rings. The van der Waals surface area contributed by atoms with E-state index >= 15 is 0 Å². The predicted molar refractivity (Wildman–Crippen MR) is 81.5 cm³/mol. The van der Waals surface area contributed by atoms with Crippen molar-refractivity contribution in [2.24, 2.45) is 0 Å². The molecule has 1 aromatic carbocycles. The summed E-state index contributed by atoms with van der Waals surface area (Å²) in [7, 11) is 0. The van der Waals surface area contributed by atoms with Crippen molar-refractivity contribution in [1.29, 1.82) is 0 Å². The Morgan fingerprint density at radius 1 is 1.58 bits per heavy atom. The number of amides is 1. The molecule has 3 N–H and O–H groups in total. The van der Waals surface area contributed by atoms with Crippen molar-refractivity contribution in [3.8, 4) is 0 Å². The first-order chi connectivity index (χ1) is 9.02. The van der Waals surface area contributed by atoms with Crippen molar-refractivity contribution in [3.05, 3.63) is 28.9 Å². The summed E-state index contributed by atoms with van der Waals surface area (Å²) >= 11 is 2.97. The molecule has 102 valence electrons. The van der Waals surface area contributed by atoms with E-state index in [-0.39, 0.29) is 11.7 Å². The third kappa shape index (κ3) is 3.01. The molecular formula is C13H15FN2OS2. The predicted octanol–water partition coefficient (Wildman–Crippen LogP) is 3.10. The van der Waals surface area contributed by atoms with E-state index in [0.29, 0.717) is 27.7 Å². The molecule has 1 atom stereocenters. The number of hydrogen-bond donors (Lipinski definition) is 2. The van der Waals surface area contributed by atoms with Crippen LogP contribution in [0, 0.1) is 5.82 Å². The Balaban J connectivity index is 2.25. The number of nitrogens with two attached hydrogens (primary N) is 1. The van der Waals surface area contributed by atoms with Gasteiger partial charge in [-0.15, -0.1) is 11.3 Å². The van der Waals surface area contributed by atoms with Gasteiger partial charge >= 0.3 is 0 Å². The highest BCUT2D eigenvalue weighted by Gasteiger charge is 2.17. The number of hydrogen-bond acceptors (Lipinski definition) is 4. The summed E-state index contributed by atoms with van der Waals surface area (Å²) in [4.78, 5) is 12.5. The number of carbonyl (C=O) groups excluding carboxylic acids is 1. The van der Waals surface area contributed by atoms with E-state index in [9.17, 15) is 9.18 Å². The third-order valence-electron chi connectivity index (χ3n) is 2.85. The molecule has 19 heavy (non-hydrogen) atoms. The van der Waals surface area contributed by atoms with Gasteiger partial charge in [0.2, 0.25) is 0 Å². The Hall–Kier alpha value is -1.27. The second-order valence-electron chi connectivity index (χ2n) is 4.24. The first kappa shape index (κ1) is 14.1. The second-order valence-corrected chi connectivity index (χ2v) is 6.57. The van der Waals surface area contributed by atoms with Crippen molar-refractivity contribution in [3.63, 3.8) is 0 Å². The minimum absolute atomic E-state index is 0.194. The zero-order valence-corrected chi connectivity index (χ0v) is 12.3. The maximum absolute atomic E-state index is 13.2. The van der Waals surface area contributed by atoms with Crippen molar-refractivity contribution in [1.82, 2.24) is 5.32 Å². The van der Waals surface area contributed by atoms with Gasteiger partial charge in [0.05, 0.1) is 5.69 Å². The van der Waals surface area contributed by atoms with Crippen molar-refractivity contribution < 1.29 is 9.18 Å². The molecule has 0 aliphatic carbocycles. The van der Waals surface area contributed by atoms with Gasteiger partial charge in [-0.3, -0.25) is 4.79 Å². The van der Waals surface area contributed by atoms with Crippen LogP contribution in [0.5, 0.6) is 0 Å². The smallest absolute Gasteiger partial charge is 0.263 e. The molecule has 0 fully saturated rings. The lowest BCUT2D eigenvalue weighted by Gasteiger charge is -2.09. The molecule has 0 radical (unpaired) electrons. The largest absolute Gasteiger partial charge is 0.397 e. The minimum Gasteiger partial charge on any atom is -0.397 e. The monoisotopic (exact) mass is 298 g/mol. The van der Waals surface area contributed by atoms with Gasteiger partial charge in [0, 0.05) is 21.9 Å². The number of thiophene rings is 1. The number of halogens is 1. The summed E-state index contributed by atoms with van der Waals surface area (Å²) in [5.74, 6) is -0.542. The first-order valence-electron chi connectivity index (χ1n) is 5.81. The van der Waals surface area contributed by atoms with Crippen LogP contribution in [-0.2, 0) is 0 Å². The van der Waals surface area contributed by atoms with Crippen LogP contribution in [0.2, 0.25) is 0 Å².